The summed E-state index contributed by atoms with van der Waals surface area (Å²) in [6, 6.07) is 9.47. The minimum Gasteiger partial charge on any atom is -0.493 e. The lowest BCUT2D eigenvalue weighted by Crippen LogP contribution is -2.06. The van der Waals surface area contributed by atoms with Crippen molar-refractivity contribution < 1.29 is 27.6 Å². The lowest BCUT2D eigenvalue weighted by Gasteiger charge is -2.12. The molecule has 2 rings (SSSR count). The molecule has 0 spiro atoms. The Bertz CT molecular complexity index is 1020. The topological polar surface area (TPSA) is 109 Å². The molecule has 0 N–H and O–H groups in total. The number of nitrogens with zero attached hydrogens (tertiary/aromatic N) is 3. The van der Waals surface area contributed by atoms with Gasteiger partial charge < -0.3 is 9.47 Å². The lowest BCUT2D eigenvalue weighted by molar-refractivity contribution is -0.385. The Hall–Kier alpha value is -4.05. The summed E-state index contributed by atoms with van der Waals surface area (Å²) < 4.78 is 48.8. The van der Waals surface area contributed by atoms with Gasteiger partial charge in [-0.05, 0) is 35.9 Å². The molecule has 0 aliphatic rings. The molecule has 0 atom stereocenters. The first-order valence-corrected chi connectivity index (χ1v) is 7.43. The SMILES string of the molecule is COc1cc(C=C(C#N)C#N)ccc1Oc1ccc(C(F)(F)F)cc1[N+](=O)[O-]. The number of nitriles is 2. The molecule has 2 aromatic rings. The number of hydrogen-bond donors (Lipinski definition) is 0. The van der Waals surface area contributed by atoms with Gasteiger partial charge >= 0.3 is 11.9 Å². The van der Waals surface area contributed by atoms with Crippen molar-refractivity contribution >= 4 is 11.8 Å². The number of ether oxygens (including phenoxy) is 2. The van der Waals surface area contributed by atoms with Crippen LogP contribution in [0.5, 0.6) is 17.2 Å². The molecule has 0 radical (unpaired) electrons. The summed E-state index contributed by atoms with van der Waals surface area (Å²) in [7, 11) is 1.28. The maximum Gasteiger partial charge on any atom is 0.416 e. The molecule has 0 amide bonds. The second-order valence-corrected chi connectivity index (χ2v) is 5.23. The van der Waals surface area contributed by atoms with E-state index in [0.717, 1.165) is 6.07 Å². The lowest BCUT2D eigenvalue weighted by atomic mass is 10.1. The van der Waals surface area contributed by atoms with Crippen molar-refractivity contribution in [1.29, 1.82) is 10.5 Å². The average Bonchev–Trinajstić information content (AvgIpc) is 2.66. The molecule has 0 aliphatic carbocycles. The zero-order chi connectivity index (χ0) is 20.9. The fourth-order valence-corrected chi connectivity index (χ4v) is 2.16. The fourth-order valence-electron chi connectivity index (χ4n) is 2.16. The molecule has 7 nitrogen and oxygen atoms in total. The van der Waals surface area contributed by atoms with Crippen molar-refractivity contribution in [3.63, 3.8) is 0 Å². The Morgan fingerprint density at radius 2 is 1.75 bits per heavy atom. The highest BCUT2D eigenvalue weighted by Gasteiger charge is 2.33. The van der Waals surface area contributed by atoms with Gasteiger partial charge in [-0.1, -0.05) is 6.07 Å². The normalized spacial score (nSPS) is 10.4. The maximum absolute atomic E-state index is 12.8. The summed E-state index contributed by atoms with van der Waals surface area (Å²) in [5.74, 6) is -0.314. The van der Waals surface area contributed by atoms with Crippen LogP contribution >= 0.6 is 0 Å². The monoisotopic (exact) mass is 389 g/mol. The molecule has 0 bridgehead atoms. The fraction of sp³-hybridized carbons (Fsp3) is 0.111. The molecule has 0 saturated carbocycles. The van der Waals surface area contributed by atoms with Crippen molar-refractivity contribution in [3.8, 4) is 29.4 Å². The van der Waals surface area contributed by atoms with E-state index < -0.39 is 28.1 Å². The van der Waals surface area contributed by atoms with Gasteiger partial charge in [-0.15, -0.1) is 0 Å². The number of rotatable bonds is 5. The van der Waals surface area contributed by atoms with Crippen molar-refractivity contribution in [1.82, 2.24) is 0 Å². The van der Waals surface area contributed by atoms with Crippen LogP contribution in [0.25, 0.3) is 6.08 Å². The minimum absolute atomic E-state index is 0.00188. The van der Waals surface area contributed by atoms with Gasteiger partial charge in [0.15, 0.2) is 11.5 Å². The van der Waals surface area contributed by atoms with Crippen molar-refractivity contribution in [3.05, 3.63) is 63.2 Å². The Balaban J connectivity index is 2.46. The van der Waals surface area contributed by atoms with Crippen LogP contribution < -0.4 is 9.47 Å². The Morgan fingerprint density at radius 1 is 1.11 bits per heavy atom. The van der Waals surface area contributed by atoms with E-state index in [9.17, 15) is 23.3 Å². The number of allylic oxidation sites excluding steroid dienone is 1. The van der Waals surface area contributed by atoms with Gasteiger partial charge in [-0.2, -0.15) is 23.7 Å². The molecule has 0 aliphatic heterocycles. The van der Waals surface area contributed by atoms with E-state index in [1.165, 1.54) is 31.4 Å². The van der Waals surface area contributed by atoms with E-state index in [4.69, 9.17) is 20.0 Å². The maximum atomic E-state index is 12.8. The first-order valence-electron chi connectivity index (χ1n) is 7.43. The van der Waals surface area contributed by atoms with Crippen LogP contribution in [0.1, 0.15) is 11.1 Å². The summed E-state index contributed by atoms with van der Waals surface area (Å²) in [5.41, 5.74) is -1.78. The second-order valence-electron chi connectivity index (χ2n) is 5.23. The van der Waals surface area contributed by atoms with Gasteiger partial charge in [0.25, 0.3) is 0 Å². The zero-order valence-electron chi connectivity index (χ0n) is 14.1. The Morgan fingerprint density at radius 3 is 2.29 bits per heavy atom. The van der Waals surface area contributed by atoms with E-state index in [1.807, 2.05) is 0 Å². The number of nitro benzene ring substituents is 1. The van der Waals surface area contributed by atoms with Crippen LogP contribution in [0.2, 0.25) is 0 Å². The highest BCUT2D eigenvalue weighted by atomic mass is 19.4. The quantitative estimate of drug-likeness (QED) is 0.411. The predicted octanol–water partition coefficient (Wildman–Crippen LogP) is 4.85. The van der Waals surface area contributed by atoms with Crippen molar-refractivity contribution in [2.45, 2.75) is 6.18 Å². The van der Waals surface area contributed by atoms with Crippen LogP contribution in [-0.4, -0.2) is 12.0 Å². The average molecular weight is 389 g/mol. The number of halogens is 3. The van der Waals surface area contributed by atoms with Gasteiger partial charge in [0, 0.05) is 6.07 Å². The molecule has 10 heteroatoms. The number of benzene rings is 2. The number of hydrogen-bond acceptors (Lipinski definition) is 6. The molecule has 28 heavy (non-hydrogen) atoms. The van der Waals surface area contributed by atoms with Crippen LogP contribution in [0.4, 0.5) is 18.9 Å². The number of nitro groups is 1. The summed E-state index contributed by atoms with van der Waals surface area (Å²) in [5, 5.41) is 28.7. The highest BCUT2D eigenvalue weighted by Crippen LogP contribution is 2.40. The van der Waals surface area contributed by atoms with Crippen molar-refractivity contribution in [2.75, 3.05) is 7.11 Å². The van der Waals surface area contributed by atoms with Gasteiger partial charge in [0.05, 0.1) is 17.6 Å². The van der Waals surface area contributed by atoms with E-state index in [1.54, 1.807) is 12.1 Å². The van der Waals surface area contributed by atoms with Crippen LogP contribution in [0, 0.1) is 32.8 Å². The first-order chi connectivity index (χ1) is 13.2. The largest absolute Gasteiger partial charge is 0.493 e. The van der Waals surface area contributed by atoms with Gasteiger partial charge in [0.1, 0.15) is 17.7 Å². The van der Waals surface area contributed by atoms with E-state index in [0.29, 0.717) is 17.7 Å². The third-order valence-electron chi connectivity index (χ3n) is 3.44. The summed E-state index contributed by atoms with van der Waals surface area (Å²) in [6.45, 7) is 0. The highest BCUT2D eigenvalue weighted by molar-refractivity contribution is 5.65. The van der Waals surface area contributed by atoms with Crippen LogP contribution in [0.15, 0.2) is 42.0 Å². The van der Waals surface area contributed by atoms with Gasteiger partial charge in [0.2, 0.25) is 5.75 Å². The van der Waals surface area contributed by atoms with Crippen molar-refractivity contribution in [2.24, 2.45) is 0 Å². The molecular weight excluding hydrogens is 379 g/mol. The first kappa shape index (κ1) is 20.3. The molecule has 142 valence electrons. The number of alkyl halides is 3. The van der Waals surface area contributed by atoms with Gasteiger partial charge in [-0.25, -0.2) is 0 Å². The second kappa shape index (κ2) is 8.10. The molecule has 2 aromatic carbocycles. The molecule has 0 saturated heterocycles. The number of methoxy groups -OCH3 is 1. The summed E-state index contributed by atoms with van der Waals surface area (Å²) in [4.78, 5) is 10.2. The van der Waals surface area contributed by atoms with Crippen LogP contribution in [0.3, 0.4) is 0 Å². The minimum atomic E-state index is -4.74. The predicted molar refractivity (Wildman–Crippen MR) is 90.4 cm³/mol. The molecule has 0 aromatic heterocycles. The summed E-state index contributed by atoms with van der Waals surface area (Å²) >= 11 is 0. The summed E-state index contributed by atoms with van der Waals surface area (Å²) in [6.07, 6.45) is -3.46. The Labute approximate surface area is 156 Å². The molecule has 0 unspecified atom stereocenters. The van der Waals surface area contributed by atoms with Gasteiger partial charge in [-0.3, -0.25) is 10.1 Å². The zero-order valence-corrected chi connectivity index (χ0v) is 14.1. The molecular formula is C18H10F3N3O4. The molecule has 0 fully saturated rings. The standard InChI is InChI=1S/C18H10F3N3O4/c1-27-17-7-11(6-12(9-22)10-23)2-4-16(17)28-15-5-3-13(18(19,20)21)8-14(15)24(25)26/h2-8H,1H3. The third kappa shape index (κ3) is 4.56. The van der Waals surface area contributed by atoms with E-state index in [2.05, 4.69) is 0 Å². The smallest absolute Gasteiger partial charge is 0.416 e. The van der Waals surface area contributed by atoms with E-state index in [-0.39, 0.29) is 17.1 Å². The Kier molecular flexibility index (Phi) is 5.86. The molecule has 0 heterocycles. The van der Waals surface area contributed by atoms with Crippen LogP contribution in [-0.2, 0) is 6.18 Å². The van der Waals surface area contributed by atoms with E-state index >= 15 is 0 Å². The third-order valence-corrected chi connectivity index (χ3v) is 3.44.